The molecule has 9 heteroatoms. The lowest BCUT2D eigenvalue weighted by Gasteiger charge is -2.44. The highest BCUT2D eigenvalue weighted by atomic mass is 16.5. The average Bonchev–Trinajstić information content (AvgIpc) is 3.45. The first-order chi connectivity index (χ1) is 16.6. The summed E-state index contributed by atoms with van der Waals surface area (Å²) >= 11 is 0. The Kier molecular flexibility index (Phi) is 5.38. The average molecular weight is 463 g/mol. The zero-order valence-corrected chi connectivity index (χ0v) is 19.8. The molecule has 2 aliphatic heterocycles. The summed E-state index contributed by atoms with van der Waals surface area (Å²) in [6.45, 7) is 8.02. The van der Waals surface area contributed by atoms with E-state index < -0.39 is 0 Å². The first-order valence-corrected chi connectivity index (χ1v) is 12.0. The van der Waals surface area contributed by atoms with Crippen molar-refractivity contribution in [1.29, 1.82) is 0 Å². The maximum Gasteiger partial charge on any atom is 0.214 e. The topological polar surface area (TPSA) is 89.8 Å². The van der Waals surface area contributed by atoms with Crippen LogP contribution in [0.15, 0.2) is 30.7 Å². The van der Waals surface area contributed by atoms with Gasteiger partial charge < -0.3 is 19.2 Å². The summed E-state index contributed by atoms with van der Waals surface area (Å²) in [7, 11) is 1.65. The SMILES string of the molecule is COc1cc(-c2[nH]c3ccc(OC4CN(C5CCOCC5)C4)nc3c2C(C)C)cn2ncnc12. The van der Waals surface area contributed by atoms with E-state index >= 15 is 0 Å². The highest BCUT2D eigenvalue weighted by Crippen LogP contribution is 2.37. The summed E-state index contributed by atoms with van der Waals surface area (Å²) in [5.74, 6) is 1.62. The molecule has 0 saturated carbocycles. The Balaban J connectivity index is 1.29. The normalized spacial score (nSPS) is 18.1. The quantitative estimate of drug-likeness (QED) is 0.468. The molecule has 34 heavy (non-hydrogen) atoms. The number of methoxy groups -OCH3 is 1. The third kappa shape index (κ3) is 3.69. The van der Waals surface area contributed by atoms with Crippen LogP contribution in [0.1, 0.15) is 38.2 Å². The molecular formula is C25H30N6O3. The van der Waals surface area contributed by atoms with Crippen molar-refractivity contribution in [3.05, 3.63) is 36.3 Å². The highest BCUT2D eigenvalue weighted by molar-refractivity contribution is 5.89. The largest absolute Gasteiger partial charge is 0.493 e. The molecule has 0 aromatic carbocycles. The molecule has 0 radical (unpaired) electrons. The molecule has 0 unspecified atom stereocenters. The first kappa shape index (κ1) is 21.4. The predicted octanol–water partition coefficient (Wildman–Crippen LogP) is 3.65. The number of hydrogen-bond donors (Lipinski definition) is 1. The van der Waals surface area contributed by atoms with Crippen molar-refractivity contribution < 1.29 is 14.2 Å². The fourth-order valence-electron chi connectivity index (χ4n) is 5.17. The Morgan fingerprint density at radius 2 is 2.00 bits per heavy atom. The van der Waals surface area contributed by atoms with Crippen molar-refractivity contribution in [2.75, 3.05) is 33.4 Å². The van der Waals surface area contributed by atoms with Crippen LogP contribution in [-0.2, 0) is 4.74 Å². The zero-order valence-electron chi connectivity index (χ0n) is 19.8. The van der Waals surface area contributed by atoms with E-state index in [0.717, 1.165) is 67.0 Å². The standard InChI is InChI=1S/C25H30N6O3/c1-15(2)22-23(16-10-20(32-3)25-26-14-27-31(25)11-16)28-19-4-5-21(29-24(19)22)34-18-12-30(13-18)17-6-8-33-9-7-17/h4-5,10-11,14-15,17-18,28H,6-9,12-13H2,1-3H3. The van der Waals surface area contributed by atoms with E-state index in [-0.39, 0.29) is 12.0 Å². The number of aromatic nitrogens is 5. The summed E-state index contributed by atoms with van der Waals surface area (Å²) < 4.78 is 19.1. The third-order valence-corrected chi connectivity index (χ3v) is 6.95. The van der Waals surface area contributed by atoms with E-state index in [1.165, 1.54) is 6.33 Å². The van der Waals surface area contributed by atoms with Gasteiger partial charge in [0.25, 0.3) is 0 Å². The molecule has 6 heterocycles. The van der Waals surface area contributed by atoms with Crippen molar-refractivity contribution in [3.63, 3.8) is 0 Å². The van der Waals surface area contributed by atoms with Gasteiger partial charge >= 0.3 is 0 Å². The van der Waals surface area contributed by atoms with Gasteiger partial charge in [0.05, 0.1) is 23.8 Å². The van der Waals surface area contributed by atoms with Crippen LogP contribution >= 0.6 is 0 Å². The van der Waals surface area contributed by atoms with Gasteiger partial charge in [-0.15, -0.1) is 0 Å². The van der Waals surface area contributed by atoms with E-state index in [4.69, 9.17) is 19.2 Å². The van der Waals surface area contributed by atoms with Crippen LogP contribution in [0.5, 0.6) is 11.6 Å². The molecule has 1 N–H and O–H groups in total. The number of ether oxygens (including phenoxy) is 3. The predicted molar refractivity (Wildman–Crippen MR) is 129 cm³/mol. The smallest absolute Gasteiger partial charge is 0.214 e. The number of rotatable bonds is 6. The molecular weight excluding hydrogens is 432 g/mol. The molecule has 0 aliphatic carbocycles. The zero-order chi connectivity index (χ0) is 23.2. The molecule has 6 rings (SSSR count). The van der Waals surface area contributed by atoms with E-state index in [1.807, 2.05) is 18.3 Å². The van der Waals surface area contributed by atoms with Crippen molar-refractivity contribution >= 4 is 16.7 Å². The molecule has 2 aliphatic rings. The van der Waals surface area contributed by atoms with Gasteiger partial charge in [-0.3, -0.25) is 4.90 Å². The minimum absolute atomic E-state index is 0.188. The molecule has 0 amide bonds. The molecule has 0 spiro atoms. The molecule has 4 aromatic heterocycles. The van der Waals surface area contributed by atoms with Gasteiger partial charge in [0, 0.05) is 55.7 Å². The minimum Gasteiger partial charge on any atom is -0.493 e. The first-order valence-electron chi connectivity index (χ1n) is 12.0. The van der Waals surface area contributed by atoms with Crippen LogP contribution in [0.4, 0.5) is 0 Å². The number of nitrogens with one attached hydrogen (secondary N) is 1. The number of likely N-dealkylation sites (tertiary alicyclic amines) is 1. The Morgan fingerprint density at radius 1 is 1.18 bits per heavy atom. The molecule has 178 valence electrons. The maximum absolute atomic E-state index is 6.27. The molecule has 4 aromatic rings. The summed E-state index contributed by atoms with van der Waals surface area (Å²) in [5.41, 5.74) is 5.77. The Bertz CT molecular complexity index is 1320. The summed E-state index contributed by atoms with van der Waals surface area (Å²) in [6, 6.07) is 6.65. The van der Waals surface area contributed by atoms with E-state index in [9.17, 15) is 0 Å². The number of nitrogens with zero attached hydrogens (tertiary/aromatic N) is 5. The van der Waals surface area contributed by atoms with Gasteiger partial charge in [0.1, 0.15) is 12.4 Å². The van der Waals surface area contributed by atoms with Gasteiger partial charge in [-0.2, -0.15) is 5.10 Å². The molecule has 9 nitrogen and oxygen atoms in total. The Labute approximate surface area is 198 Å². The van der Waals surface area contributed by atoms with Crippen molar-refractivity contribution in [2.45, 2.75) is 44.8 Å². The van der Waals surface area contributed by atoms with Crippen molar-refractivity contribution in [1.82, 2.24) is 29.5 Å². The second-order valence-electron chi connectivity index (χ2n) is 9.48. The number of pyridine rings is 2. The highest BCUT2D eigenvalue weighted by Gasteiger charge is 2.34. The molecule has 0 atom stereocenters. The van der Waals surface area contributed by atoms with Crippen LogP contribution in [-0.4, -0.2) is 75.0 Å². The lowest BCUT2D eigenvalue weighted by atomic mass is 9.99. The number of fused-ring (bicyclic) bond motifs is 2. The van der Waals surface area contributed by atoms with Crippen LogP contribution in [0.2, 0.25) is 0 Å². The van der Waals surface area contributed by atoms with Gasteiger partial charge in [-0.25, -0.2) is 14.5 Å². The van der Waals surface area contributed by atoms with Crippen LogP contribution in [0.3, 0.4) is 0 Å². The number of aromatic amines is 1. The minimum atomic E-state index is 0.188. The molecule has 0 bridgehead atoms. The molecule has 2 fully saturated rings. The Morgan fingerprint density at radius 3 is 2.76 bits per heavy atom. The lowest BCUT2D eigenvalue weighted by Crippen LogP contribution is -2.58. The monoisotopic (exact) mass is 462 g/mol. The van der Waals surface area contributed by atoms with Gasteiger partial charge in [0.15, 0.2) is 11.4 Å². The maximum atomic E-state index is 6.27. The summed E-state index contributed by atoms with van der Waals surface area (Å²) in [4.78, 5) is 15.3. The van der Waals surface area contributed by atoms with Crippen LogP contribution in [0.25, 0.3) is 27.9 Å². The van der Waals surface area contributed by atoms with Gasteiger partial charge in [-0.1, -0.05) is 13.8 Å². The number of hydrogen-bond acceptors (Lipinski definition) is 7. The lowest BCUT2D eigenvalue weighted by molar-refractivity contribution is -0.0466. The van der Waals surface area contributed by atoms with Gasteiger partial charge in [0.2, 0.25) is 5.88 Å². The fraction of sp³-hybridized carbons (Fsp3) is 0.480. The van der Waals surface area contributed by atoms with E-state index in [0.29, 0.717) is 23.3 Å². The van der Waals surface area contributed by atoms with Crippen molar-refractivity contribution in [2.24, 2.45) is 0 Å². The van der Waals surface area contributed by atoms with Crippen molar-refractivity contribution in [3.8, 4) is 22.9 Å². The van der Waals surface area contributed by atoms with E-state index in [1.54, 1.807) is 11.6 Å². The van der Waals surface area contributed by atoms with E-state index in [2.05, 4.69) is 39.9 Å². The molecule has 2 saturated heterocycles. The van der Waals surface area contributed by atoms with Crippen LogP contribution in [0, 0.1) is 0 Å². The van der Waals surface area contributed by atoms with Crippen LogP contribution < -0.4 is 9.47 Å². The van der Waals surface area contributed by atoms with Gasteiger partial charge in [-0.05, 0) is 30.9 Å². The summed E-state index contributed by atoms with van der Waals surface area (Å²) in [5, 5.41) is 4.31. The fourth-order valence-corrected chi connectivity index (χ4v) is 5.17. The second-order valence-corrected chi connectivity index (χ2v) is 9.48. The Hall–Kier alpha value is -3.17. The summed E-state index contributed by atoms with van der Waals surface area (Å²) in [6.07, 6.45) is 5.92. The third-order valence-electron chi connectivity index (χ3n) is 6.95. The second kappa shape index (κ2) is 8.56. The number of H-pyrrole nitrogens is 1.